The molecule has 2 rings (SSSR count). The summed E-state index contributed by atoms with van der Waals surface area (Å²) in [6, 6.07) is 21.3. The number of benzene rings is 2. The van der Waals surface area contributed by atoms with Gasteiger partial charge >= 0.3 is 0 Å². The first-order valence-electron chi connectivity index (χ1n) is 4.23. The van der Waals surface area contributed by atoms with Crippen molar-refractivity contribution in [2.75, 3.05) is 0 Å². The molecule has 0 aromatic heterocycles. The van der Waals surface area contributed by atoms with Crippen LogP contribution in [0.15, 0.2) is 36.4 Å². The molecule has 0 fully saturated rings. The average molecular weight is 446 g/mol. The van der Waals surface area contributed by atoms with Crippen molar-refractivity contribution in [2.24, 2.45) is 0 Å². The van der Waals surface area contributed by atoms with Gasteiger partial charge in [-0.15, -0.1) is 6.07 Å². The van der Waals surface area contributed by atoms with E-state index in [9.17, 15) is 0 Å². The van der Waals surface area contributed by atoms with E-state index in [1.165, 1.54) is 0 Å². The van der Waals surface area contributed by atoms with Crippen LogP contribution >= 0.6 is 0 Å². The van der Waals surface area contributed by atoms with Gasteiger partial charge in [-0.05, 0) is 0 Å². The average Bonchev–Trinajstić information content (AvgIpc) is 2.20. The Morgan fingerprint density at radius 1 is 0.933 bits per heavy atom. The molecule has 15 heavy (non-hydrogen) atoms. The van der Waals surface area contributed by atoms with Crippen LogP contribution in [0.2, 0.25) is 0 Å². The van der Waals surface area contributed by atoms with Gasteiger partial charge in [0, 0.05) is 52.8 Å². The Labute approximate surface area is 130 Å². The summed E-state index contributed by atoms with van der Waals surface area (Å²) in [6.45, 7) is 2.01. The topological polar surface area (TPSA) is 0 Å². The zero-order valence-electron chi connectivity index (χ0n) is 8.37. The first-order valence-corrected chi connectivity index (χ1v) is 4.23. The number of aryl methyl sites for hydroxylation is 1. The van der Waals surface area contributed by atoms with Crippen LogP contribution in [0.1, 0.15) is 5.56 Å². The summed E-state index contributed by atoms with van der Waals surface area (Å²) in [5.41, 5.74) is 3.23. The zero-order valence-corrected chi connectivity index (χ0v) is 13.6. The molecule has 0 bridgehead atoms. The fourth-order valence-electron chi connectivity index (χ4n) is 1.17. The third-order valence-electron chi connectivity index (χ3n) is 1.89. The van der Waals surface area contributed by atoms with E-state index in [0.717, 1.165) is 16.7 Å². The molecule has 0 saturated carbocycles. The van der Waals surface area contributed by atoms with Gasteiger partial charge in [-0.25, -0.2) is 17.2 Å². The molecular formula is C13H9IrY-3. The molecule has 0 N–H and O–H groups in total. The molecular weight excluding hydrogens is 437 g/mol. The standard InChI is InChI=1S/C13H9.Ir.Y/c1-11-7-9-13(10-8-11)12-5-3-2-4-6-12;;/h2-5,7,10H,1H3;;/q-3;;. The maximum absolute atomic E-state index is 3.19. The van der Waals surface area contributed by atoms with E-state index >= 15 is 0 Å². The second kappa shape index (κ2) is 7.46. The van der Waals surface area contributed by atoms with E-state index < -0.39 is 0 Å². The van der Waals surface area contributed by atoms with Gasteiger partial charge in [0.2, 0.25) is 0 Å². The predicted octanol–water partition coefficient (Wildman–Crippen LogP) is 3.06. The van der Waals surface area contributed by atoms with E-state index in [0.29, 0.717) is 0 Å². The summed E-state index contributed by atoms with van der Waals surface area (Å²) in [5.74, 6) is 0. The van der Waals surface area contributed by atoms with Crippen molar-refractivity contribution >= 4 is 0 Å². The fraction of sp³-hybridized carbons (Fsp3) is 0.0769. The Kier molecular flexibility index (Phi) is 7.56. The Bertz CT molecular complexity index is 381. The summed E-state index contributed by atoms with van der Waals surface area (Å²) in [7, 11) is 0. The zero-order chi connectivity index (χ0) is 9.10. The molecule has 0 aliphatic carbocycles. The summed E-state index contributed by atoms with van der Waals surface area (Å²) in [4.78, 5) is 0. The van der Waals surface area contributed by atoms with E-state index in [2.05, 4.69) is 18.2 Å². The normalized spacial score (nSPS) is 8.60. The third-order valence-corrected chi connectivity index (χ3v) is 1.89. The maximum atomic E-state index is 3.19. The number of hydrogen-bond donors (Lipinski definition) is 0. The van der Waals surface area contributed by atoms with Crippen LogP contribution in [0.5, 0.6) is 0 Å². The van der Waals surface area contributed by atoms with Crippen LogP contribution in [0.25, 0.3) is 11.1 Å². The van der Waals surface area contributed by atoms with Gasteiger partial charge in [-0.3, -0.25) is 23.8 Å². The molecule has 0 amide bonds. The van der Waals surface area contributed by atoms with E-state index in [1.54, 1.807) is 0 Å². The van der Waals surface area contributed by atoms with Crippen molar-refractivity contribution in [3.05, 3.63) is 60.2 Å². The van der Waals surface area contributed by atoms with Crippen molar-refractivity contribution in [3.8, 4) is 11.1 Å². The van der Waals surface area contributed by atoms with Gasteiger partial charge in [0.05, 0.1) is 0 Å². The second-order valence-electron chi connectivity index (χ2n) is 2.95. The van der Waals surface area contributed by atoms with Crippen molar-refractivity contribution in [1.29, 1.82) is 0 Å². The van der Waals surface area contributed by atoms with Crippen molar-refractivity contribution in [2.45, 2.75) is 6.92 Å². The van der Waals surface area contributed by atoms with Gasteiger partial charge in [-0.2, -0.15) is 24.3 Å². The molecule has 0 unspecified atom stereocenters. The molecule has 2 radical (unpaired) electrons. The Morgan fingerprint density at radius 3 is 2.27 bits per heavy atom. The summed E-state index contributed by atoms with van der Waals surface area (Å²) in [6.07, 6.45) is 0. The monoisotopic (exact) mass is 447 g/mol. The number of rotatable bonds is 1. The van der Waals surface area contributed by atoms with Crippen LogP contribution in [-0.2, 0) is 52.8 Å². The molecule has 0 saturated heterocycles. The Morgan fingerprint density at radius 2 is 1.73 bits per heavy atom. The van der Waals surface area contributed by atoms with Gasteiger partial charge in [0.1, 0.15) is 0 Å². The second-order valence-corrected chi connectivity index (χ2v) is 2.95. The largest absolute Gasteiger partial charge is 0.280 e. The van der Waals surface area contributed by atoms with Gasteiger partial charge in [0.25, 0.3) is 0 Å². The molecule has 76 valence electrons. The van der Waals surface area contributed by atoms with E-state index in [4.69, 9.17) is 0 Å². The SMILES string of the molecule is Cc1[c-]cc(-c2[c-]cccc2)[c-]c1.[Ir].[Y]. The first kappa shape index (κ1) is 15.2. The van der Waals surface area contributed by atoms with Crippen LogP contribution < -0.4 is 0 Å². The van der Waals surface area contributed by atoms with Crippen molar-refractivity contribution in [1.82, 2.24) is 0 Å². The third kappa shape index (κ3) is 4.28. The molecule has 0 aliphatic heterocycles. The van der Waals surface area contributed by atoms with E-state index in [1.807, 2.05) is 43.3 Å². The maximum Gasteiger partial charge on any atom is 0 e. The molecule has 0 atom stereocenters. The van der Waals surface area contributed by atoms with E-state index in [-0.39, 0.29) is 52.8 Å². The molecule has 2 heteroatoms. The van der Waals surface area contributed by atoms with Crippen LogP contribution in [0.3, 0.4) is 0 Å². The van der Waals surface area contributed by atoms with Gasteiger partial charge in [-0.1, -0.05) is 6.92 Å². The molecule has 0 nitrogen and oxygen atoms in total. The minimum absolute atomic E-state index is 0. The minimum atomic E-state index is 0. The fourth-order valence-corrected chi connectivity index (χ4v) is 1.17. The smallest absolute Gasteiger partial charge is 0 e. The Hall–Kier alpha value is 0.193. The van der Waals surface area contributed by atoms with Crippen molar-refractivity contribution < 1.29 is 52.8 Å². The Balaban J connectivity index is 0.000000980. The van der Waals surface area contributed by atoms with Gasteiger partial charge in [0.15, 0.2) is 0 Å². The molecule has 0 heterocycles. The first-order chi connectivity index (χ1) is 6.36. The predicted molar refractivity (Wildman–Crippen MR) is 53.1 cm³/mol. The van der Waals surface area contributed by atoms with Crippen LogP contribution in [-0.4, -0.2) is 0 Å². The van der Waals surface area contributed by atoms with Crippen LogP contribution in [0, 0.1) is 25.1 Å². The molecule has 2 aromatic carbocycles. The molecule has 0 aliphatic rings. The quantitative estimate of drug-likeness (QED) is 0.591. The van der Waals surface area contributed by atoms with Crippen LogP contribution in [0.4, 0.5) is 0 Å². The number of hydrogen-bond acceptors (Lipinski definition) is 0. The van der Waals surface area contributed by atoms with Gasteiger partial charge < -0.3 is 0 Å². The molecule has 0 spiro atoms. The van der Waals surface area contributed by atoms with Crippen molar-refractivity contribution in [3.63, 3.8) is 0 Å². The summed E-state index contributed by atoms with van der Waals surface area (Å²) >= 11 is 0. The summed E-state index contributed by atoms with van der Waals surface area (Å²) < 4.78 is 0. The minimum Gasteiger partial charge on any atom is -0.280 e. The summed E-state index contributed by atoms with van der Waals surface area (Å²) in [5, 5.41) is 0. The molecule has 2 aromatic rings.